The van der Waals surface area contributed by atoms with Crippen molar-refractivity contribution in [3.8, 4) is 0 Å². The molecule has 2 aromatic rings. The standard InChI is InChI=1S/C22H30N4O3/c1-5-14(3)19-16(6-2)20(29-22(27)25-12-11-15(13-25)28-4)26-18-10-8-7-9-17(18)23-21(26)24-19/h7-10,14-15,20H,5-6,11-13H2,1-4H3,(H,23,24). The highest BCUT2D eigenvalue weighted by molar-refractivity contribution is 5.80. The van der Waals surface area contributed by atoms with Gasteiger partial charge in [0, 0.05) is 24.9 Å². The Kier molecular flexibility index (Phi) is 5.50. The molecule has 0 bridgehead atoms. The van der Waals surface area contributed by atoms with Crippen molar-refractivity contribution in [1.29, 1.82) is 0 Å². The number of methoxy groups -OCH3 is 1. The van der Waals surface area contributed by atoms with E-state index >= 15 is 0 Å². The predicted molar refractivity (Wildman–Crippen MR) is 113 cm³/mol. The van der Waals surface area contributed by atoms with Gasteiger partial charge in [0.25, 0.3) is 0 Å². The fourth-order valence-corrected chi connectivity index (χ4v) is 4.25. The maximum atomic E-state index is 13.0. The zero-order chi connectivity index (χ0) is 20.5. The summed E-state index contributed by atoms with van der Waals surface area (Å²) in [6.45, 7) is 7.70. The summed E-state index contributed by atoms with van der Waals surface area (Å²) in [4.78, 5) is 19.5. The van der Waals surface area contributed by atoms with Gasteiger partial charge in [0.2, 0.25) is 12.2 Å². The van der Waals surface area contributed by atoms with Crippen LogP contribution in [0.4, 0.5) is 10.7 Å². The summed E-state index contributed by atoms with van der Waals surface area (Å²) in [5.41, 5.74) is 4.06. The molecule has 3 heterocycles. The normalized spacial score (nSPS) is 22.6. The number of aromatic nitrogens is 2. The summed E-state index contributed by atoms with van der Waals surface area (Å²) >= 11 is 0. The van der Waals surface area contributed by atoms with Gasteiger partial charge in [-0.25, -0.2) is 9.78 Å². The van der Waals surface area contributed by atoms with Crippen LogP contribution in [0, 0.1) is 5.92 Å². The van der Waals surface area contributed by atoms with E-state index in [1.165, 1.54) is 0 Å². The molecule has 7 heteroatoms. The first-order valence-electron chi connectivity index (χ1n) is 10.5. The van der Waals surface area contributed by atoms with E-state index in [9.17, 15) is 4.79 Å². The number of anilines is 1. The van der Waals surface area contributed by atoms with Crippen LogP contribution in [-0.4, -0.2) is 46.8 Å². The highest BCUT2D eigenvalue weighted by Gasteiger charge is 2.36. The molecule has 1 saturated heterocycles. The zero-order valence-corrected chi connectivity index (χ0v) is 17.6. The van der Waals surface area contributed by atoms with Crippen LogP contribution < -0.4 is 5.32 Å². The minimum absolute atomic E-state index is 0.0806. The average molecular weight is 399 g/mol. The number of carbonyl (C=O) groups is 1. The molecule has 1 fully saturated rings. The number of allylic oxidation sites excluding steroid dienone is 1. The third-order valence-electron chi connectivity index (χ3n) is 6.16. The Bertz CT molecular complexity index is 935. The molecule has 3 atom stereocenters. The number of nitrogens with zero attached hydrogens (tertiary/aromatic N) is 3. The average Bonchev–Trinajstić information content (AvgIpc) is 3.37. The van der Waals surface area contributed by atoms with Crippen molar-refractivity contribution in [2.75, 3.05) is 25.5 Å². The first-order chi connectivity index (χ1) is 14.1. The molecule has 1 N–H and O–H groups in total. The van der Waals surface area contributed by atoms with Gasteiger partial charge in [0.05, 0.1) is 23.7 Å². The van der Waals surface area contributed by atoms with Crippen molar-refractivity contribution in [2.24, 2.45) is 5.92 Å². The molecule has 156 valence electrons. The molecule has 0 aliphatic carbocycles. The van der Waals surface area contributed by atoms with Gasteiger partial charge >= 0.3 is 6.09 Å². The molecule has 29 heavy (non-hydrogen) atoms. The topological polar surface area (TPSA) is 68.6 Å². The van der Waals surface area contributed by atoms with E-state index in [1.807, 2.05) is 28.8 Å². The highest BCUT2D eigenvalue weighted by Crippen LogP contribution is 2.40. The number of imidazole rings is 1. The summed E-state index contributed by atoms with van der Waals surface area (Å²) in [5.74, 6) is 1.05. The van der Waals surface area contributed by atoms with Crippen LogP contribution in [0.25, 0.3) is 11.0 Å². The minimum Gasteiger partial charge on any atom is -0.421 e. The number of para-hydroxylation sites is 2. The maximum Gasteiger partial charge on any atom is 0.412 e. The molecule has 2 aliphatic heterocycles. The molecule has 0 spiro atoms. The van der Waals surface area contributed by atoms with Crippen LogP contribution in [0.5, 0.6) is 0 Å². The lowest BCUT2D eigenvalue weighted by molar-refractivity contribution is 0.0453. The van der Waals surface area contributed by atoms with E-state index in [0.29, 0.717) is 19.0 Å². The van der Waals surface area contributed by atoms with Crippen LogP contribution in [0.3, 0.4) is 0 Å². The highest BCUT2D eigenvalue weighted by atomic mass is 16.6. The molecule has 1 aromatic carbocycles. The van der Waals surface area contributed by atoms with Crippen molar-refractivity contribution in [3.05, 3.63) is 35.5 Å². The van der Waals surface area contributed by atoms with Crippen molar-refractivity contribution in [1.82, 2.24) is 14.5 Å². The second kappa shape index (κ2) is 8.06. The quantitative estimate of drug-likeness (QED) is 0.801. The fourth-order valence-electron chi connectivity index (χ4n) is 4.25. The number of likely N-dealkylation sites (tertiary alicyclic amines) is 1. The van der Waals surface area contributed by atoms with E-state index < -0.39 is 6.23 Å². The van der Waals surface area contributed by atoms with Crippen molar-refractivity contribution in [3.63, 3.8) is 0 Å². The molecule has 0 saturated carbocycles. The monoisotopic (exact) mass is 398 g/mol. The van der Waals surface area contributed by atoms with Crippen molar-refractivity contribution in [2.45, 2.75) is 52.4 Å². The molecule has 0 radical (unpaired) electrons. The van der Waals surface area contributed by atoms with Gasteiger partial charge in [-0.3, -0.25) is 4.57 Å². The Morgan fingerprint density at radius 2 is 2.14 bits per heavy atom. The van der Waals surface area contributed by atoms with Gasteiger partial charge < -0.3 is 19.7 Å². The Morgan fingerprint density at radius 1 is 1.34 bits per heavy atom. The fraction of sp³-hybridized carbons (Fsp3) is 0.545. The van der Waals surface area contributed by atoms with Crippen LogP contribution in [0.15, 0.2) is 35.5 Å². The van der Waals surface area contributed by atoms with E-state index in [2.05, 4.69) is 26.1 Å². The summed E-state index contributed by atoms with van der Waals surface area (Å²) in [5, 5.41) is 3.53. The molecule has 1 aromatic heterocycles. The summed E-state index contributed by atoms with van der Waals surface area (Å²) < 4.78 is 13.6. The second-order valence-electron chi connectivity index (χ2n) is 7.85. The molecular formula is C22H30N4O3. The molecule has 2 aliphatic rings. The molecular weight excluding hydrogens is 368 g/mol. The third-order valence-corrected chi connectivity index (χ3v) is 6.16. The molecule has 7 nitrogen and oxygen atoms in total. The SMILES string of the molecule is CCC1=C(C(C)CC)Nc2nc3ccccc3n2C1OC(=O)N1CCC(OC)C1. The largest absolute Gasteiger partial charge is 0.421 e. The summed E-state index contributed by atoms with van der Waals surface area (Å²) in [7, 11) is 1.69. The van der Waals surface area contributed by atoms with Crippen LogP contribution in [0.2, 0.25) is 0 Å². The van der Waals surface area contributed by atoms with Crippen molar-refractivity contribution < 1.29 is 14.3 Å². The Balaban J connectivity index is 1.74. The maximum absolute atomic E-state index is 13.0. The van der Waals surface area contributed by atoms with E-state index in [4.69, 9.17) is 14.5 Å². The summed E-state index contributed by atoms with van der Waals surface area (Å²) in [6.07, 6.45) is 1.91. The first kappa shape index (κ1) is 19.8. The number of fused-ring (bicyclic) bond motifs is 3. The second-order valence-corrected chi connectivity index (χ2v) is 7.85. The number of hydrogen-bond donors (Lipinski definition) is 1. The predicted octanol–water partition coefficient (Wildman–Crippen LogP) is 4.53. The lowest BCUT2D eigenvalue weighted by Gasteiger charge is -2.34. The lowest BCUT2D eigenvalue weighted by atomic mass is 9.96. The van der Waals surface area contributed by atoms with Gasteiger partial charge in [0.15, 0.2) is 0 Å². The zero-order valence-electron chi connectivity index (χ0n) is 17.6. The number of hydrogen-bond acceptors (Lipinski definition) is 5. The smallest absolute Gasteiger partial charge is 0.412 e. The summed E-state index contributed by atoms with van der Waals surface area (Å²) in [6, 6.07) is 7.96. The van der Waals surface area contributed by atoms with Gasteiger partial charge in [0.1, 0.15) is 0 Å². The first-order valence-corrected chi connectivity index (χ1v) is 10.5. The Labute approximate surface area is 171 Å². The number of ether oxygens (including phenoxy) is 2. The van der Waals surface area contributed by atoms with E-state index in [0.717, 1.165) is 47.5 Å². The van der Waals surface area contributed by atoms with Gasteiger partial charge in [-0.15, -0.1) is 0 Å². The Morgan fingerprint density at radius 3 is 2.83 bits per heavy atom. The van der Waals surface area contributed by atoms with Crippen LogP contribution >= 0.6 is 0 Å². The molecule has 4 rings (SSSR count). The number of nitrogens with one attached hydrogen (secondary N) is 1. The van der Waals surface area contributed by atoms with E-state index in [-0.39, 0.29) is 12.2 Å². The minimum atomic E-state index is -0.498. The van der Waals surface area contributed by atoms with Crippen LogP contribution in [0.1, 0.15) is 46.3 Å². The van der Waals surface area contributed by atoms with E-state index in [1.54, 1.807) is 12.0 Å². The molecule has 1 amide bonds. The number of benzene rings is 1. The Hall–Kier alpha value is -2.54. The number of rotatable bonds is 5. The van der Waals surface area contributed by atoms with Crippen molar-refractivity contribution >= 4 is 23.1 Å². The van der Waals surface area contributed by atoms with Gasteiger partial charge in [-0.2, -0.15) is 0 Å². The van der Waals surface area contributed by atoms with Crippen LogP contribution in [-0.2, 0) is 9.47 Å². The van der Waals surface area contributed by atoms with Gasteiger partial charge in [-0.1, -0.05) is 32.9 Å². The molecule has 3 unspecified atom stereocenters. The third kappa shape index (κ3) is 3.48. The number of amides is 1. The van der Waals surface area contributed by atoms with Gasteiger partial charge in [-0.05, 0) is 37.3 Å². The number of carbonyl (C=O) groups excluding carboxylic acids is 1. The lowest BCUT2D eigenvalue weighted by Crippen LogP contribution is -2.35.